The van der Waals surface area contributed by atoms with Gasteiger partial charge in [-0.05, 0) is 18.3 Å². The maximum Gasteiger partial charge on any atom is 0.318 e. The fourth-order valence-electron chi connectivity index (χ4n) is 3.17. The zero-order valence-electron chi connectivity index (χ0n) is 12.3. The topological polar surface area (TPSA) is 98.7 Å². The van der Waals surface area contributed by atoms with Crippen LogP contribution < -0.4 is 10.6 Å². The summed E-state index contributed by atoms with van der Waals surface area (Å²) in [6.07, 6.45) is 3.13. The summed E-state index contributed by atoms with van der Waals surface area (Å²) in [6.45, 7) is 3.49. The predicted octanol–water partition coefficient (Wildman–Crippen LogP) is 0.407. The second kappa shape index (κ2) is 6.78. The molecule has 118 valence electrons. The van der Waals surface area contributed by atoms with Gasteiger partial charge in [-0.1, -0.05) is 19.8 Å². The van der Waals surface area contributed by atoms with Crippen LogP contribution in [0.1, 0.15) is 32.6 Å². The average Bonchev–Trinajstić information content (AvgIpc) is 2.83. The highest BCUT2D eigenvalue weighted by Crippen LogP contribution is 2.30. The SMILES string of the molecule is CC1CCCC1CNC(=O)N1CCNC(=O)C1CC(=O)O. The Morgan fingerprint density at radius 2 is 2.19 bits per heavy atom. The molecule has 7 nitrogen and oxygen atoms in total. The molecule has 0 radical (unpaired) electrons. The Balaban J connectivity index is 1.91. The number of amides is 3. The van der Waals surface area contributed by atoms with Gasteiger partial charge >= 0.3 is 12.0 Å². The van der Waals surface area contributed by atoms with Gasteiger partial charge in [0.05, 0.1) is 6.42 Å². The Bertz CT molecular complexity index is 426. The average molecular weight is 297 g/mol. The van der Waals surface area contributed by atoms with E-state index in [1.807, 2.05) is 0 Å². The van der Waals surface area contributed by atoms with Crippen LogP contribution in [-0.4, -0.2) is 53.6 Å². The van der Waals surface area contributed by atoms with Gasteiger partial charge in [0.15, 0.2) is 0 Å². The van der Waals surface area contributed by atoms with Gasteiger partial charge in [0.1, 0.15) is 6.04 Å². The summed E-state index contributed by atoms with van der Waals surface area (Å²) < 4.78 is 0. The molecule has 2 rings (SSSR count). The van der Waals surface area contributed by atoms with E-state index >= 15 is 0 Å². The van der Waals surface area contributed by atoms with E-state index in [0.29, 0.717) is 31.5 Å². The molecule has 3 N–H and O–H groups in total. The number of carbonyl (C=O) groups is 3. The predicted molar refractivity (Wildman–Crippen MR) is 75.7 cm³/mol. The van der Waals surface area contributed by atoms with Gasteiger partial charge in [-0.2, -0.15) is 0 Å². The molecule has 1 aliphatic heterocycles. The summed E-state index contributed by atoms with van der Waals surface area (Å²) in [5.74, 6) is -0.400. The molecule has 0 aromatic heterocycles. The first kappa shape index (κ1) is 15.6. The third-order valence-electron chi connectivity index (χ3n) is 4.51. The third kappa shape index (κ3) is 3.86. The van der Waals surface area contributed by atoms with Gasteiger partial charge < -0.3 is 20.6 Å². The summed E-state index contributed by atoms with van der Waals surface area (Å²) >= 11 is 0. The van der Waals surface area contributed by atoms with E-state index in [1.165, 1.54) is 17.7 Å². The fourth-order valence-corrected chi connectivity index (χ4v) is 3.17. The number of nitrogens with one attached hydrogen (secondary N) is 2. The van der Waals surface area contributed by atoms with Crippen LogP contribution in [0.15, 0.2) is 0 Å². The summed E-state index contributed by atoms with van der Waals surface area (Å²) in [5, 5.41) is 14.3. The zero-order chi connectivity index (χ0) is 15.4. The van der Waals surface area contributed by atoms with Crippen LogP contribution in [0.3, 0.4) is 0 Å². The number of carbonyl (C=O) groups excluding carboxylic acids is 2. The number of hydrogen-bond donors (Lipinski definition) is 3. The largest absolute Gasteiger partial charge is 0.481 e. The molecule has 2 fully saturated rings. The minimum Gasteiger partial charge on any atom is -0.481 e. The Morgan fingerprint density at radius 1 is 1.43 bits per heavy atom. The van der Waals surface area contributed by atoms with E-state index in [0.717, 1.165) is 6.42 Å². The van der Waals surface area contributed by atoms with Crippen LogP contribution in [0, 0.1) is 11.8 Å². The molecular formula is C14H23N3O4. The monoisotopic (exact) mass is 297 g/mol. The molecule has 0 spiro atoms. The van der Waals surface area contributed by atoms with Crippen molar-refractivity contribution in [1.82, 2.24) is 15.5 Å². The van der Waals surface area contributed by atoms with Crippen LogP contribution in [0.25, 0.3) is 0 Å². The molecule has 3 amide bonds. The van der Waals surface area contributed by atoms with Crippen molar-refractivity contribution >= 4 is 17.9 Å². The maximum atomic E-state index is 12.2. The smallest absolute Gasteiger partial charge is 0.318 e. The number of hydrogen-bond acceptors (Lipinski definition) is 3. The van der Waals surface area contributed by atoms with Gasteiger partial charge in [-0.25, -0.2) is 4.79 Å². The Hall–Kier alpha value is -1.79. The fraction of sp³-hybridized carbons (Fsp3) is 0.786. The molecule has 0 bridgehead atoms. The third-order valence-corrected chi connectivity index (χ3v) is 4.51. The van der Waals surface area contributed by atoms with Crippen LogP contribution in [0.4, 0.5) is 4.79 Å². The van der Waals surface area contributed by atoms with Crippen LogP contribution in [-0.2, 0) is 9.59 Å². The Morgan fingerprint density at radius 3 is 2.81 bits per heavy atom. The molecule has 3 unspecified atom stereocenters. The van der Waals surface area contributed by atoms with Crippen molar-refractivity contribution in [2.45, 2.75) is 38.6 Å². The lowest BCUT2D eigenvalue weighted by Gasteiger charge is -2.34. The summed E-state index contributed by atoms with van der Waals surface area (Å²) in [4.78, 5) is 36.2. The van der Waals surface area contributed by atoms with E-state index in [4.69, 9.17) is 5.11 Å². The second-order valence-corrected chi connectivity index (χ2v) is 5.95. The van der Waals surface area contributed by atoms with Gasteiger partial charge in [-0.3, -0.25) is 9.59 Å². The molecule has 7 heteroatoms. The summed E-state index contributed by atoms with van der Waals surface area (Å²) in [7, 11) is 0. The molecule has 1 heterocycles. The number of urea groups is 1. The number of piperazine rings is 1. The molecule has 2 aliphatic rings. The molecule has 0 aromatic rings. The molecular weight excluding hydrogens is 274 g/mol. The molecule has 1 saturated carbocycles. The standard InChI is InChI=1S/C14H23N3O4/c1-9-3-2-4-10(9)8-16-14(21)17-6-5-15-13(20)11(17)7-12(18)19/h9-11H,2-8H2,1H3,(H,15,20)(H,16,21)(H,18,19). The van der Waals surface area contributed by atoms with E-state index in [1.54, 1.807) is 0 Å². The highest BCUT2D eigenvalue weighted by molar-refractivity contribution is 5.91. The van der Waals surface area contributed by atoms with Gasteiger partial charge in [0.2, 0.25) is 5.91 Å². The lowest BCUT2D eigenvalue weighted by molar-refractivity contribution is -0.142. The molecule has 0 aromatic carbocycles. The van der Waals surface area contributed by atoms with E-state index in [9.17, 15) is 14.4 Å². The Labute approximate surface area is 124 Å². The van der Waals surface area contributed by atoms with Crippen LogP contribution >= 0.6 is 0 Å². The van der Waals surface area contributed by atoms with Crippen molar-refractivity contribution in [3.8, 4) is 0 Å². The number of aliphatic carboxylic acids is 1. The molecule has 21 heavy (non-hydrogen) atoms. The van der Waals surface area contributed by atoms with Crippen molar-refractivity contribution < 1.29 is 19.5 Å². The van der Waals surface area contributed by atoms with Crippen molar-refractivity contribution in [2.24, 2.45) is 11.8 Å². The first-order valence-corrected chi connectivity index (χ1v) is 7.53. The maximum absolute atomic E-state index is 12.2. The highest BCUT2D eigenvalue weighted by atomic mass is 16.4. The zero-order valence-corrected chi connectivity index (χ0v) is 12.3. The van der Waals surface area contributed by atoms with E-state index in [2.05, 4.69) is 17.6 Å². The first-order valence-electron chi connectivity index (χ1n) is 7.53. The van der Waals surface area contributed by atoms with Crippen molar-refractivity contribution in [3.05, 3.63) is 0 Å². The second-order valence-electron chi connectivity index (χ2n) is 5.95. The van der Waals surface area contributed by atoms with Crippen LogP contribution in [0.5, 0.6) is 0 Å². The summed E-state index contributed by atoms with van der Waals surface area (Å²) in [6, 6.07) is -1.26. The van der Waals surface area contributed by atoms with Crippen molar-refractivity contribution in [3.63, 3.8) is 0 Å². The van der Waals surface area contributed by atoms with Gasteiger partial charge in [0, 0.05) is 19.6 Å². The van der Waals surface area contributed by atoms with Crippen molar-refractivity contribution in [2.75, 3.05) is 19.6 Å². The lowest BCUT2D eigenvalue weighted by Crippen LogP contribution is -2.60. The van der Waals surface area contributed by atoms with E-state index < -0.39 is 17.9 Å². The number of nitrogens with zero attached hydrogens (tertiary/aromatic N) is 1. The summed E-state index contributed by atoms with van der Waals surface area (Å²) in [5.41, 5.74) is 0. The molecule has 1 saturated heterocycles. The quantitative estimate of drug-likeness (QED) is 0.700. The number of carboxylic acid groups (broad SMARTS) is 1. The molecule has 3 atom stereocenters. The first-order chi connectivity index (χ1) is 9.99. The lowest BCUT2D eigenvalue weighted by atomic mass is 9.98. The number of carboxylic acids is 1. The minimum absolute atomic E-state index is 0.338. The minimum atomic E-state index is -1.08. The Kier molecular flexibility index (Phi) is 5.03. The number of rotatable bonds is 4. The van der Waals surface area contributed by atoms with Gasteiger partial charge in [-0.15, -0.1) is 0 Å². The van der Waals surface area contributed by atoms with Crippen molar-refractivity contribution in [1.29, 1.82) is 0 Å². The molecule has 1 aliphatic carbocycles. The van der Waals surface area contributed by atoms with Gasteiger partial charge in [0.25, 0.3) is 0 Å². The highest BCUT2D eigenvalue weighted by Gasteiger charge is 2.35. The van der Waals surface area contributed by atoms with E-state index in [-0.39, 0.29) is 12.5 Å². The van der Waals surface area contributed by atoms with Crippen LogP contribution in [0.2, 0.25) is 0 Å². The normalized spacial score (nSPS) is 29.1.